The molecule has 1 saturated carbocycles. The van der Waals surface area contributed by atoms with Gasteiger partial charge in [0.1, 0.15) is 0 Å². The second-order valence-electron chi connectivity index (χ2n) is 5.21. The van der Waals surface area contributed by atoms with Crippen LogP contribution < -0.4 is 10.2 Å². The van der Waals surface area contributed by atoms with Crippen molar-refractivity contribution >= 4 is 16.5 Å². The zero-order valence-corrected chi connectivity index (χ0v) is 12.6. The maximum atomic E-state index is 4.62. The van der Waals surface area contributed by atoms with Crippen molar-refractivity contribution in [3.63, 3.8) is 0 Å². The number of hydrogen-bond acceptors (Lipinski definition) is 4. The zero-order chi connectivity index (χ0) is 13.0. The Morgan fingerprint density at radius 1 is 1.50 bits per heavy atom. The molecular weight excluding hydrogens is 242 g/mol. The maximum Gasteiger partial charge on any atom is 0.185 e. The van der Waals surface area contributed by atoms with Crippen molar-refractivity contribution in [1.82, 2.24) is 10.3 Å². The van der Waals surface area contributed by atoms with Crippen molar-refractivity contribution in [3.8, 4) is 0 Å². The number of nitrogens with one attached hydrogen (secondary N) is 1. The number of nitrogens with zero attached hydrogens (tertiary/aromatic N) is 2. The molecule has 0 bridgehead atoms. The quantitative estimate of drug-likeness (QED) is 0.782. The minimum absolute atomic E-state index is 0.422. The van der Waals surface area contributed by atoms with Crippen molar-refractivity contribution in [1.29, 1.82) is 0 Å². The lowest BCUT2D eigenvalue weighted by molar-refractivity contribution is 0.606. The molecule has 102 valence electrons. The van der Waals surface area contributed by atoms with E-state index in [-0.39, 0.29) is 0 Å². The van der Waals surface area contributed by atoms with E-state index in [1.807, 2.05) is 17.5 Å². The third-order valence-corrected chi connectivity index (χ3v) is 4.63. The Morgan fingerprint density at radius 2 is 2.28 bits per heavy atom. The summed E-state index contributed by atoms with van der Waals surface area (Å²) in [6.07, 6.45) is 6.06. The van der Waals surface area contributed by atoms with Gasteiger partial charge in [0.05, 0.1) is 0 Å². The molecule has 18 heavy (non-hydrogen) atoms. The highest BCUT2D eigenvalue weighted by Crippen LogP contribution is 2.33. The van der Waals surface area contributed by atoms with Crippen LogP contribution in [0.2, 0.25) is 0 Å². The monoisotopic (exact) mass is 267 g/mol. The van der Waals surface area contributed by atoms with E-state index in [9.17, 15) is 0 Å². The summed E-state index contributed by atoms with van der Waals surface area (Å²) in [7, 11) is 0. The first-order valence-corrected chi connectivity index (χ1v) is 8.00. The van der Waals surface area contributed by atoms with Crippen LogP contribution >= 0.6 is 11.3 Å². The van der Waals surface area contributed by atoms with E-state index in [2.05, 4.69) is 36.0 Å². The van der Waals surface area contributed by atoms with Crippen molar-refractivity contribution in [2.24, 2.45) is 5.92 Å². The lowest BCUT2D eigenvalue weighted by Gasteiger charge is -2.20. The minimum atomic E-state index is 0.422. The largest absolute Gasteiger partial charge is 0.348 e. The molecule has 1 aromatic heterocycles. The van der Waals surface area contributed by atoms with E-state index in [1.54, 1.807) is 0 Å². The van der Waals surface area contributed by atoms with Gasteiger partial charge in [-0.2, -0.15) is 0 Å². The van der Waals surface area contributed by atoms with Crippen LogP contribution in [-0.2, 0) is 0 Å². The fourth-order valence-corrected chi connectivity index (χ4v) is 3.15. The molecule has 1 aliphatic carbocycles. The van der Waals surface area contributed by atoms with Crippen LogP contribution in [0.3, 0.4) is 0 Å². The third kappa shape index (κ3) is 3.69. The van der Waals surface area contributed by atoms with Gasteiger partial charge in [0.2, 0.25) is 0 Å². The molecule has 1 heterocycles. The summed E-state index contributed by atoms with van der Waals surface area (Å²) in [4.78, 5) is 8.45. The molecule has 3 nitrogen and oxygen atoms in total. The number of thiazole rings is 1. The van der Waals surface area contributed by atoms with Gasteiger partial charge in [-0.1, -0.05) is 13.8 Å². The predicted octanol–water partition coefficient (Wildman–Crippen LogP) is 3.44. The highest BCUT2D eigenvalue weighted by molar-refractivity contribution is 7.15. The van der Waals surface area contributed by atoms with E-state index < -0.39 is 0 Å². The summed E-state index contributed by atoms with van der Waals surface area (Å²) < 4.78 is 0. The molecule has 1 aromatic rings. The predicted molar refractivity (Wildman–Crippen MR) is 79.4 cm³/mol. The van der Waals surface area contributed by atoms with Crippen LogP contribution in [-0.4, -0.2) is 24.6 Å². The molecule has 0 aromatic carbocycles. The molecule has 0 amide bonds. The standard InChI is InChI=1S/C14H25N3S/c1-4-8-17(10-12-6-7-12)14-16-9-13(18-14)11(3)15-5-2/h9,11-12,15H,4-8,10H2,1-3H3. The third-order valence-electron chi connectivity index (χ3n) is 3.39. The van der Waals surface area contributed by atoms with Crippen LogP contribution in [0.25, 0.3) is 0 Å². The van der Waals surface area contributed by atoms with Gasteiger partial charge in [0.15, 0.2) is 5.13 Å². The van der Waals surface area contributed by atoms with Crippen molar-refractivity contribution < 1.29 is 0 Å². The highest BCUT2D eigenvalue weighted by Gasteiger charge is 2.25. The number of anilines is 1. The molecular formula is C14H25N3S. The second-order valence-corrected chi connectivity index (χ2v) is 6.25. The molecule has 1 atom stereocenters. The Bertz CT molecular complexity index is 360. The summed E-state index contributed by atoms with van der Waals surface area (Å²) >= 11 is 1.85. The van der Waals surface area contributed by atoms with Crippen molar-refractivity contribution in [2.45, 2.75) is 46.1 Å². The van der Waals surface area contributed by atoms with Gasteiger partial charge in [0, 0.05) is 30.2 Å². The van der Waals surface area contributed by atoms with Gasteiger partial charge in [-0.05, 0) is 38.6 Å². The van der Waals surface area contributed by atoms with E-state index in [4.69, 9.17) is 0 Å². The summed E-state index contributed by atoms with van der Waals surface area (Å²) in [6, 6.07) is 0.422. The molecule has 2 rings (SSSR count). The summed E-state index contributed by atoms with van der Waals surface area (Å²) in [5, 5.41) is 4.66. The molecule has 0 radical (unpaired) electrons. The fraction of sp³-hybridized carbons (Fsp3) is 0.786. The van der Waals surface area contributed by atoms with Gasteiger partial charge in [-0.3, -0.25) is 0 Å². The Labute approximate surface area is 115 Å². The molecule has 0 aliphatic heterocycles. The van der Waals surface area contributed by atoms with Crippen LogP contribution in [0.5, 0.6) is 0 Å². The van der Waals surface area contributed by atoms with Crippen LogP contribution in [0.15, 0.2) is 6.20 Å². The van der Waals surface area contributed by atoms with Crippen LogP contribution in [0.4, 0.5) is 5.13 Å². The molecule has 0 spiro atoms. The van der Waals surface area contributed by atoms with Gasteiger partial charge in [0.25, 0.3) is 0 Å². The smallest absolute Gasteiger partial charge is 0.185 e. The Balaban J connectivity index is 2.00. The molecule has 1 fully saturated rings. The van der Waals surface area contributed by atoms with Gasteiger partial charge in [-0.25, -0.2) is 4.98 Å². The first-order chi connectivity index (χ1) is 8.74. The SMILES string of the molecule is CCCN(CC1CC1)c1ncc(C(C)NCC)s1. The minimum Gasteiger partial charge on any atom is -0.348 e. The van der Waals surface area contributed by atoms with Gasteiger partial charge in [-0.15, -0.1) is 11.3 Å². The first-order valence-electron chi connectivity index (χ1n) is 7.18. The molecule has 4 heteroatoms. The average molecular weight is 267 g/mol. The second kappa shape index (κ2) is 6.53. The van der Waals surface area contributed by atoms with Crippen LogP contribution in [0, 0.1) is 5.92 Å². The van der Waals surface area contributed by atoms with E-state index in [1.165, 1.54) is 35.8 Å². The Hall–Kier alpha value is -0.610. The highest BCUT2D eigenvalue weighted by atomic mass is 32.1. The van der Waals surface area contributed by atoms with Gasteiger partial charge < -0.3 is 10.2 Å². The lowest BCUT2D eigenvalue weighted by atomic mass is 10.3. The summed E-state index contributed by atoms with van der Waals surface area (Å²) in [6.45, 7) is 9.96. The normalized spacial score (nSPS) is 16.8. The van der Waals surface area contributed by atoms with E-state index >= 15 is 0 Å². The maximum absolute atomic E-state index is 4.62. The van der Waals surface area contributed by atoms with Crippen molar-refractivity contribution in [3.05, 3.63) is 11.1 Å². The number of rotatable bonds is 8. The summed E-state index contributed by atoms with van der Waals surface area (Å²) in [5.74, 6) is 0.926. The van der Waals surface area contributed by atoms with E-state index in [0.29, 0.717) is 6.04 Å². The fourth-order valence-electron chi connectivity index (χ4n) is 2.18. The average Bonchev–Trinajstić information content (AvgIpc) is 3.03. The topological polar surface area (TPSA) is 28.2 Å². The van der Waals surface area contributed by atoms with Gasteiger partial charge >= 0.3 is 0 Å². The lowest BCUT2D eigenvalue weighted by Crippen LogP contribution is -2.26. The molecule has 1 unspecified atom stereocenters. The van der Waals surface area contributed by atoms with Crippen molar-refractivity contribution in [2.75, 3.05) is 24.5 Å². The summed E-state index contributed by atoms with van der Waals surface area (Å²) in [5.41, 5.74) is 0. The number of hydrogen-bond donors (Lipinski definition) is 1. The van der Waals surface area contributed by atoms with E-state index in [0.717, 1.165) is 19.0 Å². The first kappa shape index (κ1) is 13.8. The zero-order valence-electron chi connectivity index (χ0n) is 11.8. The Kier molecular flexibility index (Phi) is 5.01. The van der Waals surface area contributed by atoms with Crippen LogP contribution in [0.1, 0.15) is 51.0 Å². The number of aromatic nitrogens is 1. The molecule has 1 aliphatic rings. The Morgan fingerprint density at radius 3 is 2.89 bits per heavy atom. The molecule has 0 saturated heterocycles. The molecule has 1 N–H and O–H groups in total.